The quantitative estimate of drug-likeness (QED) is 0.603. The zero-order valence-corrected chi connectivity index (χ0v) is 8.51. The maximum Gasteiger partial charge on any atom is 0.818 e. The van der Waals surface area contributed by atoms with Crippen molar-refractivity contribution in [2.24, 2.45) is 0 Å². The minimum atomic E-state index is -0.139. The number of aromatic nitrogens is 6. The maximum atomic E-state index is 4.24. The van der Waals surface area contributed by atoms with Crippen LogP contribution in [0.1, 0.15) is 0 Å². The Kier molecular flexibility index (Phi) is 2.07. The Bertz CT molecular complexity index is 445. The minimum Gasteiger partial charge on any atom is -0.220 e. The molecule has 0 bridgehead atoms. The van der Waals surface area contributed by atoms with E-state index in [1.54, 1.807) is 12.4 Å². The largest absolute Gasteiger partial charge is 0.818 e. The lowest BCUT2D eigenvalue weighted by atomic mass is 9.96. The van der Waals surface area contributed by atoms with E-state index in [0.29, 0.717) is 0 Å². The average molecular weight is 213 g/mol. The van der Waals surface area contributed by atoms with Crippen LogP contribution in [0.4, 0.5) is 0 Å². The van der Waals surface area contributed by atoms with Crippen LogP contribution in [0.3, 0.4) is 0 Å². The number of aromatic amines is 1. The molecule has 0 saturated carbocycles. The second kappa shape index (κ2) is 3.69. The predicted octanol–water partition coefficient (Wildman–Crippen LogP) is -0.375. The van der Waals surface area contributed by atoms with Gasteiger partial charge < -0.3 is 0 Å². The van der Waals surface area contributed by atoms with Crippen molar-refractivity contribution in [3.63, 3.8) is 0 Å². The second-order valence-corrected chi connectivity index (χ2v) is 3.36. The second-order valence-electron chi connectivity index (χ2n) is 3.36. The van der Waals surface area contributed by atoms with Gasteiger partial charge >= 0.3 is 7.12 Å². The van der Waals surface area contributed by atoms with E-state index in [4.69, 9.17) is 0 Å². The highest BCUT2D eigenvalue weighted by atomic mass is 15.4. The van der Waals surface area contributed by atoms with Gasteiger partial charge in [-0.05, 0) is 12.1 Å². The summed E-state index contributed by atoms with van der Waals surface area (Å²) in [4.78, 5) is 0. The van der Waals surface area contributed by atoms with E-state index in [2.05, 4.69) is 15.3 Å². The third kappa shape index (κ3) is 1.42. The molecule has 0 amide bonds. The number of nitrogens with zero attached hydrogens (tertiary/aromatic N) is 5. The standard InChI is InChI=1S/C9H9BN6/c1-4-11-14(7-1)10(15-8-2-5-12-15)16-9-3-6-13-16/h1-9H/p+1. The normalized spacial score (nSPS) is 10.5. The number of nitrogens with one attached hydrogen (secondary N) is 1. The molecular formula is C9H10BN6+. The van der Waals surface area contributed by atoms with Gasteiger partial charge in [0.15, 0.2) is 6.20 Å². The topological polar surface area (TPSA) is 55.3 Å². The zero-order valence-electron chi connectivity index (χ0n) is 8.51. The molecule has 0 aliphatic rings. The summed E-state index contributed by atoms with van der Waals surface area (Å²) >= 11 is 0. The summed E-state index contributed by atoms with van der Waals surface area (Å²) in [5, 5.41) is 11.6. The van der Waals surface area contributed by atoms with E-state index in [9.17, 15) is 0 Å². The summed E-state index contributed by atoms with van der Waals surface area (Å²) in [6.45, 7) is 0. The minimum absolute atomic E-state index is 0.139. The van der Waals surface area contributed by atoms with Gasteiger partial charge in [0.2, 0.25) is 0 Å². The van der Waals surface area contributed by atoms with Crippen LogP contribution in [-0.2, 0) is 0 Å². The highest BCUT2D eigenvalue weighted by Gasteiger charge is 2.39. The van der Waals surface area contributed by atoms with Crippen molar-refractivity contribution >= 4 is 7.12 Å². The van der Waals surface area contributed by atoms with Crippen LogP contribution in [0.2, 0.25) is 0 Å². The molecule has 6 nitrogen and oxygen atoms in total. The first-order valence-corrected chi connectivity index (χ1v) is 4.98. The molecule has 0 aliphatic carbocycles. The van der Waals surface area contributed by atoms with Crippen molar-refractivity contribution in [2.45, 2.75) is 0 Å². The lowest BCUT2D eigenvalue weighted by molar-refractivity contribution is -0.606. The van der Waals surface area contributed by atoms with E-state index >= 15 is 0 Å². The third-order valence-electron chi connectivity index (χ3n) is 2.34. The van der Waals surface area contributed by atoms with Crippen LogP contribution >= 0.6 is 0 Å². The van der Waals surface area contributed by atoms with E-state index in [1.165, 1.54) is 0 Å². The fourth-order valence-electron chi connectivity index (χ4n) is 1.66. The SMILES string of the molecule is c1cnn(B(n2cccn2)[n+]2ccc[nH]2)c1. The van der Waals surface area contributed by atoms with E-state index in [1.807, 2.05) is 56.8 Å². The summed E-state index contributed by atoms with van der Waals surface area (Å²) in [5.41, 5.74) is 0. The Balaban J connectivity index is 2.09. The van der Waals surface area contributed by atoms with Crippen molar-refractivity contribution < 1.29 is 4.59 Å². The Labute approximate surface area is 92.3 Å². The third-order valence-corrected chi connectivity index (χ3v) is 2.34. The molecule has 3 aromatic heterocycles. The molecule has 3 rings (SSSR count). The van der Waals surface area contributed by atoms with Gasteiger partial charge in [-0.15, -0.1) is 0 Å². The first-order valence-electron chi connectivity index (χ1n) is 4.98. The lowest BCUT2D eigenvalue weighted by Crippen LogP contribution is -2.62. The van der Waals surface area contributed by atoms with Gasteiger partial charge in [-0.1, -0.05) is 0 Å². The molecule has 16 heavy (non-hydrogen) atoms. The Morgan fingerprint density at radius 2 is 1.69 bits per heavy atom. The van der Waals surface area contributed by atoms with Crippen molar-refractivity contribution in [2.75, 3.05) is 0 Å². The fraction of sp³-hybridized carbons (Fsp3) is 0. The lowest BCUT2D eigenvalue weighted by Gasteiger charge is -2.03. The van der Waals surface area contributed by atoms with E-state index in [0.717, 1.165) is 0 Å². The predicted molar refractivity (Wildman–Crippen MR) is 57.4 cm³/mol. The first kappa shape index (κ1) is 8.96. The molecule has 78 valence electrons. The molecule has 0 radical (unpaired) electrons. The van der Waals surface area contributed by atoms with Gasteiger partial charge in [-0.3, -0.25) is 0 Å². The van der Waals surface area contributed by atoms with Gasteiger partial charge in [-0.25, -0.2) is 9.19 Å². The molecule has 0 fully saturated rings. The summed E-state index contributed by atoms with van der Waals surface area (Å²) in [5.74, 6) is 0. The van der Waals surface area contributed by atoms with Gasteiger partial charge in [0.05, 0.1) is 6.20 Å². The van der Waals surface area contributed by atoms with Gasteiger partial charge in [-0.2, -0.15) is 19.9 Å². The summed E-state index contributed by atoms with van der Waals surface area (Å²) in [7, 11) is -0.139. The van der Waals surface area contributed by atoms with Crippen LogP contribution in [0.15, 0.2) is 55.4 Å². The number of hydrogen-bond acceptors (Lipinski definition) is 2. The highest BCUT2D eigenvalue weighted by molar-refractivity contribution is 6.44. The molecule has 0 atom stereocenters. The summed E-state index contributed by atoms with van der Waals surface area (Å²) in [6.07, 6.45) is 11.1. The molecule has 0 unspecified atom stereocenters. The van der Waals surface area contributed by atoms with Crippen LogP contribution in [0.5, 0.6) is 0 Å². The molecule has 0 spiro atoms. The van der Waals surface area contributed by atoms with Gasteiger partial charge in [0, 0.05) is 30.9 Å². The smallest absolute Gasteiger partial charge is 0.220 e. The fourth-order valence-corrected chi connectivity index (χ4v) is 1.66. The molecule has 1 N–H and O–H groups in total. The molecule has 0 aromatic carbocycles. The molecule has 3 heterocycles. The first-order chi connectivity index (χ1) is 7.95. The number of hydrogen-bond donors (Lipinski definition) is 1. The van der Waals surface area contributed by atoms with E-state index in [-0.39, 0.29) is 7.12 Å². The maximum absolute atomic E-state index is 4.24. The van der Waals surface area contributed by atoms with Crippen LogP contribution in [-0.4, -0.2) is 31.6 Å². The monoisotopic (exact) mass is 213 g/mol. The van der Waals surface area contributed by atoms with Crippen LogP contribution in [0, 0.1) is 0 Å². The van der Waals surface area contributed by atoms with Crippen molar-refractivity contribution in [3.05, 3.63) is 55.4 Å². The van der Waals surface area contributed by atoms with Crippen molar-refractivity contribution in [3.8, 4) is 0 Å². The average Bonchev–Trinajstić information content (AvgIpc) is 3.02. The highest BCUT2D eigenvalue weighted by Crippen LogP contribution is 1.91. The molecule has 0 saturated heterocycles. The molecular weight excluding hydrogens is 203 g/mol. The molecule has 0 aliphatic heterocycles. The van der Waals surface area contributed by atoms with Crippen molar-refractivity contribution in [1.29, 1.82) is 0 Å². The number of H-pyrrole nitrogens is 1. The molecule has 3 aromatic rings. The van der Waals surface area contributed by atoms with E-state index < -0.39 is 0 Å². The van der Waals surface area contributed by atoms with Crippen LogP contribution < -0.4 is 4.59 Å². The van der Waals surface area contributed by atoms with Gasteiger partial charge in [0.25, 0.3) is 0 Å². The zero-order chi connectivity index (χ0) is 10.8. The van der Waals surface area contributed by atoms with Crippen molar-refractivity contribution in [1.82, 2.24) is 24.5 Å². The summed E-state index contributed by atoms with van der Waals surface area (Å²) < 4.78 is 5.56. The Morgan fingerprint density at radius 1 is 1.00 bits per heavy atom. The Morgan fingerprint density at radius 3 is 2.12 bits per heavy atom. The van der Waals surface area contributed by atoms with Crippen LogP contribution in [0.25, 0.3) is 0 Å². The Hall–Kier alpha value is -2.31. The molecule has 7 heteroatoms. The summed E-state index contributed by atoms with van der Waals surface area (Å²) in [6, 6.07) is 5.71. The number of rotatable bonds is 3. The van der Waals surface area contributed by atoms with Gasteiger partial charge in [0.1, 0.15) is 0 Å².